The zero-order valence-corrected chi connectivity index (χ0v) is 15.0. The summed E-state index contributed by atoms with van der Waals surface area (Å²) in [5, 5.41) is 2.90. The van der Waals surface area contributed by atoms with Gasteiger partial charge in [-0.25, -0.2) is 4.39 Å². The van der Waals surface area contributed by atoms with E-state index in [0.717, 1.165) is 12.0 Å². The molecule has 138 valence electrons. The minimum Gasteiger partial charge on any atom is -0.466 e. The lowest BCUT2D eigenvalue weighted by Gasteiger charge is -2.28. The topological polar surface area (TPSA) is 62.6 Å². The largest absolute Gasteiger partial charge is 0.466 e. The van der Waals surface area contributed by atoms with Crippen molar-refractivity contribution in [2.24, 2.45) is 0 Å². The third-order valence-corrected chi connectivity index (χ3v) is 4.69. The third kappa shape index (κ3) is 4.12. The van der Waals surface area contributed by atoms with Crippen LogP contribution in [-0.2, 0) is 11.2 Å². The molecule has 0 saturated carbocycles. The number of amides is 2. The Morgan fingerprint density at radius 1 is 1.35 bits per heavy atom. The van der Waals surface area contributed by atoms with E-state index in [9.17, 15) is 14.0 Å². The van der Waals surface area contributed by atoms with Crippen molar-refractivity contribution in [1.82, 2.24) is 10.2 Å². The van der Waals surface area contributed by atoms with Crippen LogP contribution in [0.1, 0.15) is 40.3 Å². The summed E-state index contributed by atoms with van der Waals surface area (Å²) in [6, 6.07) is 7.85. The molecule has 1 fully saturated rings. The van der Waals surface area contributed by atoms with Gasteiger partial charge in [0.15, 0.2) is 0 Å². The van der Waals surface area contributed by atoms with Crippen LogP contribution in [0.2, 0.25) is 0 Å². The van der Waals surface area contributed by atoms with Gasteiger partial charge in [-0.2, -0.15) is 0 Å². The number of nitrogens with one attached hydrogen (secondary N) is 1. The fraction of sp³-hybridized carbons (Fsp3) is 0.400. The van der Waals surface area contributed by atoms with Crippen LogP contribution in [0.3, 0.4) is 0 Å². The van der Waals surface area contributed by atoms with E-state index < -0.39 is 0 Å². The normalized spacial score (nSPS) is 15.3. The van der Waals surface area contributed by atoms with Gasteiger partial charge in [0.25, 0.3) is 5.91 Å². The molecule has 0 unspecified atom stereocenters. The van der Waals surface area contributed by atoms with Crippen LogP contribution in [0, 0.1) is 19.7 Å². The molecule has 3 rings (SSSR count). The van der Waals surface area contributed by atoms with E-state index in [2.05, 4.69) is 5.32 Å². The van der Waals surface area contributed by atoms with Gasteiger partial charge in [0.05, 0.1) is 11.6 Å². The van der Waals surface area contributed by atoms with Crippen LogP contribution in [0.15, 0.2) is 34.7 Å². The molecular weight excluding hydrogens is 335 g/mol. The number of hydrogen-bond acceptors (Lipinski definition) is 3. The van der Waals surface area contributed by atoms with Gasteiger partial charge in [-0.1, -0.05) is 12.1 Å². The molecule has 0 bridgehead atoms. The molecule has 1 aromatic heterocycles. The van der Waals surface area contributed by atoms with Gasteiger partial charge >= 0.3 is 0 Å². The highest BCUT2D eigenvalue weighted by Gasteiger charge is 2.28. The number of furan rings is 1. The molecule has 26 heavy (non-hydrogen) atoms. The summed E-state index contributed by atoms with van der Waals surface area (Å²) < 4.78 is 18.9. The molecule has 6 heteroatoms. The van der Waals surface area contributed by atoms with Crippen molar-refractivity contribution < 1.29 is 18.4 Å². The van der Waals surface area contributed by atoms with Gasteiger partial charge < -0.3 is 14.6 Å². The fourth-order valence-corrected chi connectivity index (χ4v) is 3.45. The lowest BCUT2D eigenvalue weighted by molar-refractivity contribution is -0.129. The smallest absolute Gasteiger partial charge is 0.254 e. The molecule has 1 atom stereocenters. The highest BCUT2D eigenvalue weighted by atomic mass is 19.1. The molecule has 1 saturated heterocycles. The Hall–Kier alpha value is -2.63. The average Bonchev–Trinajstić information content (AvgIpc) is 3.16. The number of benzene rings is 1. The first-order valence-electron chi connectivity index (χ1n) is 8.83. The lowest BCUT2D eigenvalue weighted by atomic mass is 10.0. The Balaban J connectivity index is 1.72. The summed E-state index contributed by atoms with van der Waals surface area (Å²) >= 11 is 0. The van der Waals surface area contributed by atoms with Gasteiger partial charge in [0, 0.05) is 19.5 Å². The highest BCUT2D eigenvalue weighted by Crippen LogP contribution is 2.18. The number of nitrogens with zero attached hydrogens (tertiary/aromatic N) is 1. The Labute approximate surface area is 152 Å². The van der Waals surface area contributed by atoms with Gasteiger partial charge in [-0.3, -0.25) is 9.59 Å². The summed E-state index contributed by atoms with van der Waals surface area (Å²) in [6.07, 6.45) is 1.83. The number of rotatable bonds is 6. The van der Waals surface area contributed by atoms with Crippen molar-refractivity contribution in [2.75, 3.05) is 13.1 Å². The van der Waals surface area contributed by atoms with Crippen LogP contribution in [-0.4, -0.2) is 35.8 Å². The minimum atomic E-state index is -0.303. The van der Waals surface area contributed by atoms with Gasteiger partial charge in [0.1, 0.15) is 17.3 Å². The van der Waals surface area contributed by atoms with Crippen molar-refractivity contribution in [3.8, 4) is 0 Å². The molecule has 0 radical (unpaired) electrons. The number of hydrogen-bond donors (Lipinski definition) is 1. The maximum Gasteiger partial charge on any atom is 0.254 e. The second kappa shape index (κ2) is 7.72. The minimum absolute atomic E-state index is 0.0796. The molecule has 1 aromatic carbocycles. The van der Waals surface area contributed by atoms with E-state index in [4.69, 9.17) is 4.42 Å². The maximum absolute atomic E-state index is 13.5. The molecule has 1 aliphatic rings. The van der Waals surface area contributed by atoms with E-state index in [-0.39, 0.29) is 23.7 Å². The number of aryl methyl sites for hydroxylation is 2. The first kappa shape index (κ1) is 18.2. The highest BCUT2D eigenvalue weighted by molar-refractivity contribution is 5.95. The summed E-state index contributed by atoms with van der Waals surface area (Å²) in [6.45, 7) is 4.51. The quantitative estimate of drug-likeness (QED) is 0.863. The molecule has 0 spiro atoms. The fourth-order valence-electron chi connectivity index (χ4n) is 3.45. The molecule has 2 heterocycles. The molecule has 0 aliphatic carbocycles. The van der Waals surface area contributed by atoms with Crippen molar-refractivity contribution in [1.29, 1.82) is 0 Å². The number of likely N-dealkylation sites (tertiary alicyclic amines) is 1. The van der Waals surface area contributed by atoms with Crippen molar-refractivity contribution >= 4 is 11.8 Å². The molecule has 2 amide bonds. The van der Waals surface area contributed by atoms with E-state index in [1.807, 2.05) is 6.07 Å². The monoisotopic (exact) mass is 358 g/mol. The summed E-state index contributed by atoms with van der Waals surface area (Å²) in [5.41, 5.74) is 1.30. The van der Waals surface area contributed by atoms with Crippen molar-refractivity contribution in [3.05, 3.63) is 58.8 Å². The Kier molecular flexibility index (Phi) is 5.40. The first-order valence-corrected chi connectivity index (χ1v) is 8.83. The summed E-state index contributed by atoms with van der Waals surface area (Å²) in [7, 11) is 0. The van der Waals surface area contributed by atoms with E-state index >= 15 is 0 Å². The first-order chi connectivity index (χ1) is 12.4. The van der Waals surface area contributed by atoms with Crippen LogP contribution in [0.25, 0.3) is 0 Å². The van der Waals surface area contributed by atoms with E-state index in [0.29, 0.717) is 43.0 Å². The Bertz CT molecular complexity index is 815. The van der Waals surface area contributed by atoms with Crippen molar-refractivity contribution in [3.63, 3.8) is 0 Å². The molecule has 1 N–H and O–H groups in total. The van der Waals surface area contributed by atoms with Crippen molar-refractivity contribution in [2.45, 2.75) is 39.2 Å². The van der Waals surface area contributed by atoms with Gasteiger partial charge in [0.2, 0.25) is 5.91 Å². The number of carbonyl (C=O) groups is 2. The maximum atomic E-state index is 13.5. The molecule has 1 aliphatic heterocycles. The zero-order chi connectivity index (χ0) is 18.7. The predicted molar refractivity (Wildman–Crippen MR) is 95.4 cm³/mol. The second-order valence-corrected chi connectivity index (χ2v) is 6.72. The van der Waals surface area contributed by atoms with Crippen LogP contribution in [0.4, 0.5) is 4.39 Å². The standard InChI is InChI=1S/C20H23FN2O3/c1-13-9-18(14(2)26-13)20(25)22-12-17(23-8-4-7-19(23)24)11-15-5-3-6-16(21)10-15/h3,5-6,9-10,17H,4,7-8,11-12H2,1-2H3,(H,22,25)/t17-/m1/s1. The molecule has 5 nitrogen and oxygen atoms in total. The van der Waals surface area contributed by atoms with Crippen LogP contribution in [0.5, 0.6) is 0 Å². The van der Waals surface area contributed by atoms with Crippen LogP contribution >= 0.6 is 0 Å². The van der Waals surface area contributed by atoms with Crippen LogP contribution < -0.4 is 5.32 Å². The predicted octanol–water partition coefficient (Wildman–Crippen LogP) is 3.00. The molecule has 2 aromatic rings. The Morgan fingerprint density at radius 3 is 2.77 bits per heavy atom. The van der Waals surface area contributed by atoms with E-state index in [1.165, 1.54) is 12.1 Å². The average molecular weight is 358 g/mol. The summed E-state index contributed by atoms with van der Waals surface area (Å²) in [4.78, 5) is 26.4. The summed E-state index contributed by atoms with van der Waals surface area (Å²) in [5.74, 6) is 0.798. The van der Waals surface area contributed by atoms with Gasteiger partial charge in [-0.05, 0) is 50.5 Å². The number of carbonyl (C=O) groups excluding carboxylic acids is 2. The second-order valence-electron chi connectivity index (χ2n) is 6.72. The Morgan fingerprint density at radius 2 is 2.15 bits per heavy atom. The SMILES string of the molecule is Cc1cc(C(=O)NC[C@@H](Cc2cccc(F)c2)N2CCCC2=O)c(C)o1. The molecular formula is C20H23FN2O3. The third-order valence-electron chi connectivity index (χ3n) is 4.69. The number of halogens is 1. The van der Waals surface area contributed by atoms with Gasteiger partial charge in [-0.15, -0.1) is 0 Å². The van der Waals surface area contributed by atoms with E-state index in [1.54, 1.807) is 30.9 Å². The lowest BCUT2D eigenvalue weighted by Crippen LogP contribution is -2.45. The zero-order valence-electron chi connectivity index (χ0n) is 15.0.